The van der Waals surface area contributed by atoms with Gasteiger partial charge in [-0.3, -0.25) is 9.59 Å². The third kappa shape index (κ3) is 9.06. The first-order chi connectivity index (χ1) is 28.2. The first-order valence-corrected chi connectivity index (χ1v) is 22.0. The molecule has 0 aromatic carbocycles. The molecule has 9 heteroatoms. The predicted molar refractivity (Wildman–Crippen MR) is 239 cm³/mol. The number of aromatic nitrogens is 3. The molecule has 318 valence electrons. The summed E-state index contributed by atoms with van der Waals surface area (Å²) in [6, 6.07) is 0. The minimum absolute atomic E-state index is 0.0559. The second-order valence-corrected chi connectivity index (χ2v) is 17.8. The van der Waals surface area contributed by atoms with E-state index in [0.717, 1.165) is 92.7 Å². The van der Waals surface area contributed by atoms with Crippen LogP contribution in [0.15, 0.2) is 29.6 Å². The molecule has 1 fully saturated rings. The van der Waals surface area contributed by atoms with Crippen LogP contribution in [0, 0.1) is 50.4 Å². The molecule has 6 rings (SSSR count). The van der Waals surface area contributed by atoms with Crippen LogP contribution < -0.4 is 16.0 Å². The van der Waals surface area contributed by atoms with Crippen molar-refractivity contribution < 1.29 is 24.2 Å². The fraction of sp³-hybridized carbons (Fsp3) is 0.520. The Balaban J connectivity index is 1.33. The molecule has 5 atom stereocenters. The minimum atomic E-state index is -1.11. The molecule has 0 saturated carbocycles. The number of esters is 2. The number of aromatic amines is 3. The number of aliphatic hydroxyl groups excluding tert-OH is 1. The van der Waals surface area contributed by atoms with Crippen molar-refractivity contribution >= 4 is 41.8 Å². The Morgan fingerprint density at radius 1 is 0.915 bits per heavy atom. The van der Waals surface area contributed by atoms with E-state index in [1.807, 2.05) is 19.1 Å². The second kappa shape index (κ2) is 18.7. The highest BCUT2D eigenvalue weighted by Gasteiger charge is 2.48. The number of H-pyrrole nitrogens is 3. The zero-order valence-electron chi connectivity index (χ0n) is 37.2. The molecule has 8 bridgehead atoms. The van der Waals surface area contributed by atoms with Gasteiger partial charge >= 0.3 is 11.9 Å². The Bertz CT molecular complexity index is 2290. The van der Waals surface area contributed by atoms with Crippen LogP contribution in [0.1, 0.15) is 155 Å². The van der Waals surface area contributed by atoms with Gasteiger partial charge in [-0.25, -0.2) is 0 Å². The van der Waals surface area contributed by atoms with Crippen molar-refractivity contribution in [3.8, 4) is 0 Å². The highest BCUT2D eigenvalue weighted by Crippen LogP contribution is 2.52. The standard InChI is InChI=1S/C50H68N4O5/c1-12-34-30(7)37-24-39-32(9)36(20-21-43(55)59-23-22-29(6)19-15-18-28(5)17-14-16-27(3)4)47(53-39)45-46(50(57)58-11)49(56)44-33(10)40(54-48(44)45)26-42-35(13-2)31(8)38(52-42)25-41(34)51-37/h12,22,24-28,32,36,46,49,51-54,56H,1,13-21,23H2,2-11H3/b29-22+,38-25-,39-24-,42-26-,47-45-/t28-,32+,36+,46-,49+/m1/s1. The van der Waals surface area contributed by atoms with Crippen LogP contribution in [-0.4, -0.2) is 45.7 Å². The van der Waals surface area contributed by atoms with Crippen molar-refractivity contribution in [2.24, 2.45) is 29.6 Å². The number of hydrogen-bond donors (Lipinski definition) is 5. The monoisotopic (exact) mass is 805 g/mol. The molecule has 0 unspecified atom stereocenters. The van der Waals surface area contributed by atoms with Gasteiger partial charge < -0.3 is 34.8 Å². The molecule has 5 heterocycles. The second-order valence-electron chi connectivity index (χ2n) is 17.8. The zero-order chi connectivity index (χ0) is 42.7. The topological polar surface area (TPSA) is 132 Å². The number of rotatable bonds is 16. The summed E-state index contributed by atoms with van der Waals surface area (Å²) in [5.41, 5.74) is 13.2. The summed E-state index contributed by atoms with van der Waals surface area (Å²) >= 11 is 0. The van der Waals surface area contributed by atoms with Gasteiger partial charge in [0.1, 0.15) is 12.5 Å². The van der Waals surface area contributed by atoms with Crippen LogP contribution in [0.3, 0.4) is 0 Å². The number of allylic oxidation sites excluding steroid dienone is 3. The summed E-state index contributed by atoms with van der Waals surface area (Å²) in [5.74, 6) is -0.451. The molecule has 0 amide bonds. The molecule has 0 radical (unpaired) electrons. The fourth-order valence-electron chi connectivity index (χ4n) is 9.66. The first-order valence-electron chi connectivity index (χ1n) is 22.0. The van der Waals surface area contributed by atoms with Crippen molar-refractivity contribution in [3.05, 3.63) is 96.5 Å². The lowest BCUT2D eigenvalue weighted by Gasteiger charge is -2.21. The van der Waals surface area contributed by atoms with E-state index in [1.165, 1.54) is 49.5 Å². The maximum absolute atomic E-state index is 13.6. The molecule has 59 heavy (non-hydrogen) atoms. The minimum Gasteiger partial charge on any atom is -0.468 e. The molecular weight excluding hydrogens is 737 g/mol. The number of fused-ring (bicyclic) bond motifs is 7. The molecule has 1 aliphatic carbocycles. The summed E-state index contributed by atoms with van der Waals surface area (Å²) in [6.45, 7) is 24.0. The lowest BCUT2D eigenvalue weighted by atomic mass is 9.84. The number of carbonyl (C=O) groups excluding carboxylic acids is 2. The van der Waals surface area contributed by atoms with Crippen molar-refractivity contribution in [1.82, 2.24) is 20.3 Å². The van der Waals surface area contributed by atoms with Crippen LogP contribution in [0.4, 0.5) is 0 Å². The molecule has 3 aromatic heterocycles. The van der Waals surface area contributed by atoms with Crippen LogP contribution in [0.2, 0.25) is 0 Å². The van der Waals surface area contributed by atoms with Crippen molar-refractivity contribution in [2.75, 3.05) is 13.7 Å². The largest absolute Gasteiger partial charge is 0.468 e. The number of ether oxygens (including phenoxy) is 2. The van der Waals surface area contributed by atoms with Crippen molar-refractivity contribution in [1.29, 1.82) is 0 Å². The molecule has 0 spiro atoms. The van der Waals surface area contributed by atoms with Gasteiger partial charge in [-0.1, -0.05) is 78.5 Å². The number of nitrogens with one attached hydrogen (secondary N) is 4. The van der Waals surface area contributed by atoms with Crippen LogP contribution in [-0.2, 0) is 25.5 Å². The van der Waals surface area contributed by atoms with E-state index in [1.54, 1.807) is 0 Å². The Morgan fingerprint density at radius 2 is 1.63 bits per heavy atom. The van der Waals surface area contributed by atoms with Gasteiger partial charge in [0.2, 0.25) is 0 Å². The Labute approximate surface area is 351 Å². The van der Waals surface area contributed by atoms with Crippen LogP contribution in [0.5, 0.6) is 0 Å². The van der Waals surface area contributed by atoms with Gasteiger partial charge in [0.05, 0.1) is 18.9 Å². The van der Waals surface area contributed by atoms with Crippen molar-refractivity contribution in [3.63, 3.8) is 0 Å². The van der Waals surface area contributed by atoms with Gasteiger partial charge in [0, 0.05) is 74.1 Å². The van der Waals surface area contributed by atoms with E-state index in [9.17, 15) is 14.7 Å². The first kappa shape index (κ1) is 43.8. The highest BCUT2D eigenvalue weighted by molar-refractivity contribution is 5.95. The molecule has 3 aromatic rings. The predicted octanol–water partition coefficient (Wildman–Crippen LogP) is 9.12. The number of methoxy groups -OCH3 is 1. The molecule has 9 nitrogen and oxygen atoms in total. The lowest BCUT2D eigenvalue weighted by Crippen LogP contribution is -2.24. The Morgan fingerprint density at radius 3 is 2.32 bits per heavy atom. The van der Waals surface area contributed by atoms with Gasteiger partial charge in [0.15, 0.2) is 0 Å². The summed E-state index contributed by atoms with van der Waals surface area (Å²) in [5, 5.41) is 17.7. The average molecular weight is 805 g/mol. The summed E-state index contributed by atoms with van der Waals surface area (Å²) < 4.78 is 11.1. The van der Waals surface area contributed by atoms with E-state index in [2.05, 4.69) is 100 Å². The lowest BCUT2D eigenvalue weighted by molar-refractivity contribution is -0.146. The Kier molecular flexibility index (Phi) is 13.9. The molecule has 5 N–H and O–H groups in total. The SMILES string of the molecule is C=Cc1c2[nH]c(c1C)/C=C1\N/C(=C3\c4[nH]c(c(C)c4[C@H](O)[C@@H]3C(=O)OC)/C=c3\[nH]/c(c(C)c3CC)=C\2)[C@@H](CCC(=O)OC/C=C(\C)CCC[C@H](C)CCCC(C)C)[C@@H]1C. The zero-order valence-corrected chi connectivity index (χ0v) is 37.2. The molecule has 3 aliphatic rings. The smallest absolute Gasteiger partial charge is 0.316 e. The highest BCUT2D eigenvalue weighted by atomic mass is 16.5. The van der Waals surface area contributed by atoms with Gasteiger partial charge in [-0.15, -0.1) is 0 Å². The summed E-state index contributed by atoms with van der Waals surface area (Å²) in [7, 11) is 1.36. The molecule has 2 aliphatic heterocycles. The maximum Gasteiger partial charge on any atom is 0.316 e. The summed E-state index contributed by atoms with van der Waals surface area (Å²) in [6.07, 6.45) is 18.0. The van der Waals surface area contributed by atoms with Gasteiger partial charge in [-0.05, 0) is 112 Å². The number of aliphatic hydroxyl groups is 1. The Hall–Kier alpha value is -4.76. The third-order valence-electron chi connectivity index (χ3n) is 13.4. The quantitative estimate of drug-likeness (QED) is 0.0725. The van der Waals surface area contributed by atoms with E-state index in [0.29, 0.717) is 17.6 Å². The average Bonchev–Trinajstić information content (AvgIpc) is 3.94. The van der Waals surface area contributed by atoms with E-state index in [-0.39, 0.29) is 30.8 Å². The number of carbonyl (C=O) groups is 2. The third-order valence-corrected chi connectivity index (χ3v) is 13.4. The maximum atomic E-state index is 13.6. The normalized spacial score (nSPS) is 23.5. The number of hydrogen-bond acceptors (Lipinski definition) is 6. The van der Waals surface area contributed by atoms with E-state index >= 15 is 0 Å². The van der Waals surface area contributed by atoms with Gasteiger partial charge in [-0.2, -0.15) is 0 Å². The van der Waals surface area contributed by atoms with Crippen LogP contribution in [0.25, 0.3) is 29.9 Å². The van der Waals surface area contributed by atoms with Crippen LogP contribution >= 0.6 is 0 Å². The van der Waals surface area contributed by atoms with E-state index < -0.39 is 18.0 Å². The summed E-state index contributed by atoms with van der Waals surface area (Å²) in [4.78, 5) is 38.0. The van der Waals surface area contributed by atoms with Crippen molar-refractivity contribution in [2.45, 2.75) is 126 Å². The molecule has 1 saturated heterocycles. The van der Waals surface area contributed by atoms with E-state index in [4.69, 9.17) is 9.47 Å². The molecular formula is C50H68N4O5. The van der Waals surface area contributed by atoms with Gasteiger partial charge in [0.25, 0.3) is 0 Å². The fourth-order valence-corrected chi connectivity index (χ4v) is 9.66.